The Morgan fingerprint density at radius 3 is 1.67 bits per heavy atom. The Morgan fingerprint density at radius 1 is 0.733 bits per heavy atom. The van der Waals surface area contributed by atoms with Gasteiger partial charge in [-0.15, -0.1) is 24.8 Å². The summed E-state index contributed by atoms with van der Waals surface area (Å²) in [5, 5.41) is 10.7. The van der Waals surface area contributed by atoms with Crippen LogP contribution in [0.2, 0.25) is 0 Å². The van der Waals surface area contributed by atoms with Crippen LogP contribution < -0.4 is 0 Å². The first-order valence-corrected chi connectivity index (χ1v) is 9.99. The van der Waals surface area contributed by atoms with Crippen molar-refractivity contribution in [3.05, 3.63) is 71.8 Å². The van der Waals surface area contributed by atoms with Gasteiger partial charge in [0, 0.05) is 53.5 Å². The van der Waals surface area contributed by atoms with Gasteiger partial charge >= 0.3 is 0 Å². The van der Waals surface area contributed by atoms with Gasteiger partial charge in [0.15, 0.2) is 0 Å². The summed E-state index contributed by atoms with van der Waals surface area (Å²) in [6.45, 7) is 5.33. The summed E-state index contributed by atoms with van der Waals surface area (Å²) < 4.78 is 11.3. The van der Waals surface area contributed by atoms with Crippen LogP contribution in [0.3, 0.4) is 0 Å². The van der Waals surface area contributed by atoms with E-state index in [1.165, 1.54) is 5.56 Å². The van der Waals surface area contributed by atoms with Crippen LogP contribution in [0.4, 0.5) is 0 Å². The molecule has 1 saturated heterocycles. The zero-order valence-electron chi connectivity index (χ0n) is 17.7. The topological polar surface area (TPSA) is 45.2 Å². The quantitative estimate of drug-likeness (QED) is 0.624. The third kappa shape index (κ3) is 7.50. The van der Waals surface area contributed by atoms with Crippen LogP contribution in [0.25, 0.3) is 0 Å². The number of methoxy groups -OCH3 is 2. The lowest BCUT2D eigenvalue weighted by atomic mass is 10.0. The number of hydrogen-bond donors (Lipinski definition) is 1. The molecule has 3 rings (SSSR count). The van der Waals surface area contributed by atoms with Gasteiger partial charge in [0.1, 0.15) is 6.10 Å². The van der Waals surface area contributed by atoms with Crippen molar-refractivity contribution < 1.29 is 14.6 Å². The third-order valence-electron chi connectivity index (χ3n) is 5.52. The van der Waals surface area contributed by atoms with Gasteiger partial charge in [0.25, 0.3) is 0 Å². The van der Waals surface area contributed by atoms with E-state index in [-0.39, 0.29) is 37.0 Å². The minimum absolute atomic E-state index is 0. The molecule has 168 valence electrons. The van der Waals surface area contributed by atoms with E-state index in [4.69, 9.17) is 9.47 Å². The molecule has 0 amide bonds. The molecule has 2 aromatic rings. The Hall–Kier alpha value is -1.18. The molecule has 1 aliphatic rings. The van der Waals surface area contributed by atoms with Gasteiger partial charge in [0.2, 0.25) is 0 Å². The van der Waals surface area contributed by atoms with E-state index in [0.29, 0.717) is 6.54 Å². The lowest BCUT2D eigenvalue weighted by molar-refractivity contribution is -0.0376. The largest absolute Gasteiger partial charge is 0.389 e. The number of halogens is 2. The molecule has 30 heavy (non-hydrogen) atoms. The third-order valence-corrected chi connectivity index (χ3v) is 5.52. The molecule has 0 radical (unpaired) electrons. The standard InChI is InChI=1S/C23H32N2O3.2ClH/c1-27-22(19-9-5-3-6-10-19)18-25-15-13-24(14-16-25)17-21(26)23(28-2)20-11-7-4-8-12-20;;/h3-12,21-23,26H,13-18H2,1-2H3;2*1H. The molecule has 3 atom stereocenters. The van der Waals surface area contributed by atoms with Gasteiger partial charge in [-0.1, -0.05) is 60.7 Å². The van der Waals surface area contributed by atoms with Crippen molar-refractivity contribution in [2.75, 3.05) is 53.5 Å². The second-order valence-corrected chi connectivity index (χ2v) is 7.37. The summed E-state index contributed by atoms with van der Waals surface area (Å²) in [5.74, 6) is 0. The molecule has 1 heterocycles. The van der Waals surface area contributed by atoms with Crippen molar-refractivity contribution in [3.63, 3.8) is 0 Å². The summed E-state index contributed by atoms with van der Waals surface area (Å²) in [5.41, 5.74) is 2.23. The van der Waals surface area contributed by atoms with E-state index < -0.39 is 6.10 Å². The van der Waals surface area contributed by atoms with Gasteiger partial charge in [-0.3, -0.25) is 9.80 Å². The van der Waals surface area contributed by atoms with Crippen LogP contribution >= 0.6 is 24.8 Å². The molecule has 0 spiro atoms. The Balaban J connectivity index is 0.00000225. The number of hydrogen-bond acceptors (Lipinski definition) is 5. The fraction of sp³-hybridized carbons (Fsp3) is 0.478. The highest BCUT2D eigenvalue weighted by atomic mass is 35.5. The zero-order valence-corrected chi connectivity index (χ0v) is 19.4. The lowest BCUT2D eigenvalue weighted by Gasteiger charge is -2.37. The minimum Gasteiger partial charge on any atom is -0.389 e. The molecule has 1 aliphatic heterocycles. The van der Waals surface area contributed by atoms with Crippen molar-refractivity contribution in [1.82, 2.24) is 9.80 Å². The predicted octanol–water partition coefficient (Wildman–Crippen LogP) is 3.58. The van der Waals surface area contributed by atoms with Gasteiger partial charge in [0.05, 0.1) is 12.2 Å². The number of piperazine rings is 1. The molecular weight excluding hydrogens is 423 g/mol. The van der Waals surface area contributed by atoms with Gasteiger partial charge in [-0.25, -0.2) is 0 Å². The molecule has 3 unspecified atom stereocenters. The van der Waals surface area contributed by atoms with E-state index in [9.17, 15) is 5.11 Å². The van der Waals surface area contributed by atoms with Gasteiger partial charge in [-0.05, 0) is 11.1 Å². The normalized spacial score (nSPS) is 18.0. The fourth-order valence-electron chi connectivity index (χ4n) is 3.89. The summed E-state index contributed by atoms with van der Waals surface area (Å²) in [7, 11) is 3.44. The second kappa shape index (κ2) is 14.0. The van der Waals surface area contributed by atoms with E-state index >= 15 is 0 Å². The summed E-state index contributed by atoms with van der Waals surface area (Å²) >= 11 is 0. The number of nitrogens with zero attached hydrogens (tertiary/aromatic N) is 2. The predicted molar refractivity (Wildman–Crippen MR) is 126 cm³/mol. The van der Waals surface area contributed by atoms with Gasteiger partial charge < -0.3 is 14.6 Å². The van der Waals surface area contributed by atoms with Crippen LogP contribution in [0.15, 0.2) is 60.7 Å². The van der Waals surface area contributed by atoms with Crippen LogP contribution in [0.5, 0.6) is 0 Å². The number of aliphatic hydroxyl groups is 1. The molecular formula is C23H34Cl2N2O3. The maximum atomic E-state index is 10.7. The second-order valence-electron chi connectivity index (χ2n) is 7.37. The number of benzene rings is 2. The number of rotatable bonds is 9. The van der Waals surface area contributed by atoms with E-state index in [2.05, 4.69) is 34.1 Å². The first-order valence-electron chi connectivity index (χ1n) is 9.99. The van der Waals surface area contributed by atoms with Crippen molar-refractivity contribution in [2.45, 2.75) is 18.3 Å². The molecule has 5 nitrogen and oxygen atoms in total. The average Bonchev–Trinajstić information content (AvgIpc) is 2.75. The first kappa shape index (κ1) is 26.9. The minimum atomic E-state index is -0.546. The van der Waals surface area contributed by atoms with E-state index in [1.807, 2.05) is 36.4 Å². The van der Waals surface area contributed by atoms with Crippen LogP contribution in [-0.2, 0) is 9.47 Å². The van der Waals surface area contributed by atoms with Crippen LogP contribution in [0.1, 0.15) is 23.3 Å². The average molecular weight is 457 g/mol. The first-order chi connectivity index (χ1) is 13.7. The SMILES string of the molecule is COC(CN1CCN(CC(O)C(OC)c2ccccc2)CC1)c1ccccc1.Cl.Cl. The van der Waals surface area contributed by atoms with E-state index in [1.54, 1.807) is 14.2 Å². The maximum Gasteiger partial charge on any atom is 0.109 e. The van der Waals surface area contributed by atoms with E-state index in [0.717, 1.165) is 38.3 Å². The highest BCUT2D eigenvalue weighted by Gasteiger charge is 2.26. The molecule has 0 bridgehead atoms. The van der Waals surface area contributed by atoms with Crippen molar-refractivity contribution in [3.8, 4) is 0 Å². The summed E-state index contributed by atoms with van der Waals surface area (Å²) in [6, 6.07) is 20.3. The highest BCUT2D eigenvalue weighted by molar-refractivity contribution is 5.85. The van der Waals surface area contributed by atoms with Crippen LogP contribution in [-0.4, -0.2) is 74.5 Å². The molecule has 0 aliphatic carbocycles. The van der Waals surface area contributed by atoms with Crippen LogP contribution in [0, 0.1) is 0 Å². The smallest absolute Gasteiger partial charge is 0.109 e. The summed E-state index contributed by atoms with van der Waals surface area (Å²) in [6.07, 6.45) is -0.750. The molecule has 0 saturated carbocycles. The fourth-order valence-corrected chi connectivity index (χ4v) is 3.89. The molecule has 7 heteroatoms. The van der Waals surface area contributed by atoms with Crippen molar-refractivity contribution in [2.24, 2.45) is 0 Å². The summed E-state index contributed by atoms with van der Waals surface area (Å²) in [4.78, 5) is 4.76. The highest BCUT2D eigenvalue weighted by Crippen LogP contribution is 2.22. The molecule has 1 N–H and O–H groups in total. The number of aliphatic hydroxyl groups excluding tert-OH is 1. The van der Waals surface area contributed by atoms with Crippen molar-refractivity contribution >= 4 is 24.8 Å². The number of β-amino-alcohol motifs (C(OH)–C–C–N with tert-alkyl or cyclic N) is 1. The Bertz CT molecular complexity index is 685. The van der Waals surface area contributed by atoms with Crippen molar-refractivity contribution in [1.29, 1.82) is 0 Å². The monoisotopic (exact) mass is 456 g/mol. The van der Waals surface area contributed by atoms with Gasteiger partial charge in [-0.2, -0.15) is 0 Å². The Morgan fingerprint density at radius 2 is 1.20 bits per heavy atom. The Labute approximate surface area is 192 Å². The molecule has 2 aromatic carbocycles. The maximum absolute atomic E-state index is 10.7. The Kier molecular flexibility index (Phi) is 12.5. The molecule has 1 fully saturated rings. The lowest BCUT2D eigenvalue weighted by Crippen LogP contribution is -2.50. The number of ether oxygens (including phenoxy) is 2. The zero-order chi connectivity index (χ0) is 19.8. The molecule has 0 aromatic heterocycles.